The maximum absolute atomic E-state index is 13.5. The second kappa shape index (κ2) is 9.97. The number of aryl methyl sites for hydroxylation is 1. The van der Waals surface area contributed by atoms with E-state index in [0.717, 1.165) is 55.1 Å². The third kappa shape index (κ3) is 4.99. The van der Waals surface area contributed by atoms with Gasteiger partial charge in [-0.3, -0.25) is 0 Å². The number of hydrogen-bond acceptors (Lipinski definition) is 8. The third-order valence-electron chi connectivity index (χ3n) is 6.26. The van der Waals surface area contributed by atoms with Gasteiger partial charge in [0, 0.05) is 43.3 Å². The van der Waals surface area contributed by atoms with Crippen LogP contribution in [0.25, 0.3) is 21.6 Å². The molecule has 0 aliphatic carbocycles. The molecule has 7 nitrogen and oxygen atoms in total. The molecule has 0 aromatic carbocycles. The highest BCUT2D eigenvalue weighted by Crippen LogP contribution is 2.32. The van der Waals surface area contributed by atoms with E-state index in [1.165, 1.54) is 29.2 Å². The number of halogens is 1. The van der Waals surface area contributed by atoms with Crippen LogP contribution >= 0.6 is 11.3 Å². The fourth-order valence-corrected chi connectivity index (χ4v) is 5.19. The van der Waals surface area contributed by atoms with Crippen molar-refractivity contribution in [3.8, 4) is 16.5 Å². The average Bonchev–Trinajstić information content (AvgIpc) is 3.26. The molecule has 1 fully saturated rings. The first-order valence-electron chi connectivity index (χ1n) is 11.7. The van der Waals surface area contributed by atoms with Gasteiger partial charge in [0.1, 0.15) is 16.5 Å². The summed E-state index contributed by atoms with van der Waals surface area (Å²) >= 11 is 1.42. The Morgan fingerprint density at radius 1 is 1.12 bits per heavy atom. The number of anilines is 1. The lowest BCUT2D eigenvalue weighted by molar-refractivity contribution is 0.132. The summed E-state index contributed by atoms with van der Waals surface area (Å²) in [5, 5.41) is 0.616. The normalized spacial score (nSPS) is 15.6. The number of pyridine rings is 2. The molecule has 0 saturated carbocycles. The van der Waals surface area contributed by atoms with Crippen LogP contribution in [-0.2, 0) is 6.42 Å². The summed E-state index contributed by atoms with van der Waals surface area (Å²) in [7, 11) is 0. The Kier molecular flexibility index (Phi) is 6.62. The maximum Gasteiger partial charge on any atom is 0.276 e. The lowest BCUT2D eigenvalue weighted by atomic mass is 9.92. The molecule has 176 valence electrons. The summed E-state index contributed by atoms with van der Waals surface area (Å²) in [5.74, 6) is 0.729. The van der Waals surface area contributed by atoms with E-state index in [-0.39, 0.29) is 6.10 Å². The molecule has 5 rings (SSSR count). The predicted octanol–water partition coefficient (Wildman–Crippen LogP) is 5.32. The number of fused-ring (bicyclic) bond motifs is 1. The first-order chi connectivity index (χ1) is 16.6. The molecule has 0 N–H and O–H groups in total. The van der Waals surface area contributed by atoms with E-state index in [4.69, 9.17) is 4.74 Å². The standard InChI is InChI=1S/C25H27FN6OS/c1-3-4-17-14-28-24(29-15-17)32-11-8-18(9-12-32)16(2)33-25-31-21-6-5-20(30-23(21)34-25)19-7-10-27-22(26)13-19/h5-7,10,13-16,18H,3-4,8-9,11-12H2,1-2H3. The zero-order chi connectivity index (χ0) is 23.5. The third-order valence-corrected chi connectivity index (χ3v) is 7.12. The number of rotatable bonds is 7. The van der Waals surface area contributed by atoms with Crippen LogP contribution in [0.15, 0.2) is 42.9 Å². The van der Waals surface area contributed by atoms with Gasteiger partial charge in [-0.2, -0.15) is 4.39 Å². The molecule has 1 atom stereocenters. The summed E-state index contributed by atoms with van der Waals surface area (Å²) in [6.45, 7) is 6.10. The molecule has 0 spiro atoms. The highest BCUT2D eigenvalue weighted by atomic mass is 32.1. The van der Waals surface area contributed by atoms with Gasteiger partial charge in [-0.1, -0.05) is 24.7 Å². The van der Waals surface area contributed by atoms with E-state index < -0.39 is 5.95 Å². The van der Waals surface area contributed by atoms with Crippen molar-refractivity contribution in [1.82, 2.24) is 24.9 Å². The van der Waals surface area contributed by atoms with Crippen molar-refractivity contribution in [2.75, 3.05) is 18.0 Å². The Labute approximate surface area is 202 Å². The number of piperidine rings is 1. The Morgan fingerprint density at radius 2 is 1.91 bits per heavy atom. The average molecular weight is 479 g/mol. The van der Waals surface area contributed by atoms with Gasteiger partial charge in [-0.15, -0.1) is 0 Å². The minimum absolute atomic E-state index is 0.0457. The molecular weight excluding hydrogens is 451 g/mol. The van der Waals surface area contributed by atoms with Crippen LogP contribution in [0.2, 0.25) is 0 Å². The van der Waals surface area contributed by atoms with Crippen LogP contribution < -0.4 is 9.64 Å². The Bertz CT molecular complexity index is 1260. The zero-order valence-corrected chi connectivity index (χ0v) is 20.1. The van der Waals surface area contributed by atoms with Crippen LogP contribution in [0.5, 0.6) is 5.19 Å². The molecule has 1 aliphatic rings. The van der Waals surface area contributed by atoms with Crippen LogP contribution in [0.3, 0.4) is 0 Å². The molecule has 1 unspecified atom stereocenters. The van der Waals surface area contributed by atoms with Crippen LogP contribution in [-0.4, -0.2) is 44.1 Å². The smallest absolute Gasteiger partial charge is 0.276 e. The minimum Gasteiger partial charge on any atom is -0.467 e. The van der Waals surface area contributed by atoms with E-state index in [2.05, 4.69) is 43.7 Å². The predicted molar refractivity (Wildman–Crippen MR) is 132 cm³/mol. The lowest BCUT2D eigenvalue weighted by Gasteiger charge is -2.34. The van der Waals surface area contributed by atoms with Crippen molar-refractivity contribution in [3.05, 3.63) is 54.4 Å². The maximum atomic E-state index is 13.5. The van der Waals surface area contributed by atoms with Gasteiger partial charge in [0.25, 0.3) is 5.19 Å². The number of ether oxygens (including phenoxy) is 1. The lowest BCUT2D eigenvalue weighted by Crippen LogP contribution is -2.39. The largest absolute Gasteiger partial charge is 0.467 e. The van der Waals surface area contributed by atoms with Gasteiger partial charge in [-0.25, -0.2) is 24.9 Å². The molecule has 1 saturated heterocycles. The van der Waals surface area contributed by atoms with E-state index in [9.17, 15) is 4.39 Å². The molecule has 9 heteroatoms. The monoisotopic (exact) mass is 478 g/mol. The molecule has 1 aliphatic heterocycles. The summed E-state index contributed by atoms with van der Waals surface area (Å²) in [6.07, 6.45) is 9.53. The molecule has 34 heavy (non-hydrogen) atoms. The van der Waals surface area contributed by atoms with Crippen molar-refractivity contribution in [1.29, 1.82) is 0 Å². The Balaban J connectivity index is 1.20. The fourth-order valence-electron chi connectivity index (χ4n) is 4.32. The van der Waals surface area contributed by atoms with Gasteiger partial charge >= 0.3 is 0 Å². The summed E-state index contributed by atoms with van der Waals surface area (Å²) in [5.41, 5.74) is 3.35. The highest BCUT2D eigenvalue weighted by Gasteiger charge is 2.27. The summed E-state index contributed by atoms with van der Waals surface area (Å²) in [6, 6.07) is 6.87. The Morgan fingerprint density at radius 3 is 2.65 bits per heavy atom. The van der Waals surface area contributed by atoms with Gasteiger partial charge in [0.15, 0.2) is 0 Å². The second-order valence-electron chi connectivity index (χ2n) is 8.66. The van der Waals surface area contributed by atoms with Gasteiger partial charge < -0.3 is 9.64 Å². The molecule has 0 radical (unpaired) electrons. The minimum atomic E-state index is -0.521. The van der Waals surface area contributed by atoms with Gasteiger partial charge in [-0.05, 0) is 55.9 Å². The van der Waals surface area contributed by atoms with Crippen molar-refractivity contribution in [2.24, 2.45) is 5.92 Å². The quantitative estimate of drug-likeness (QED) is 0.333. The molecule has 5 heterocycles. The first kappa shape index (κ1) is 22.6. The number of aromatic nitrogens is 5. The van der Waals surface area contributed by atoms with E-state index in [0.29, 0.717) is 22.4 Å². The number of hydrogen-bond donors (Lipinski definition) is 0. The molecule has 4 aromatic rings. The van der Waals surface area contributed by atoms with Crippen molar-refractivity contribution in [2.45, 2.75) is 45.6 Å². The Hall–Kier alpha value is -3.20. The molecular formula is C25H27FN6OS. The van der Waals surface area contributed by atoms with Crippen molar-refractivity contribution < 1.29 is 9.13 Å². The van der Waals surface area contributed by atoms with Crippen LogP contribution in [0.4, 0.5) is 10.3 Å². The molecule has 0 bridgehead atoms. The van der Waals surface area contributed by atoms with Crippen molar-refractivity contribution >= 4 is 27.6 Å². The zero-order valence-electron chi connectivity index (χ0n) is 19.3. The van der Waals surface area contributed by atoms with Crippen molar-refractivity contribution in [3.63, 3.8) is 0 Å². The van der Waals surface area contributed by atoms with E-state index in [1.54, 1.807) is 6.07 Å². The fraction of sp³-hybridized carbons (Fsp3) is 0.400. The number of thiazole rings is 1. The summed E-state index contributed by atoms with van der Waals surface area (Å²) in [4.78, 5) is 25.0. The first-order valence-corrected chi connectivity index (χ1v) is 12.5. The van der Waals surface area contributed by atoms with Crippen LogP contribution in [0.1, 0.15) is 38.7 Å². The molecule has 4 aromatic heterocycles. The van der Waals surface area contributed by atoms with Gasteiger partial charge in [0.2, 0.25) is 11.9 Å². The topological polar surface area (TPSA) is 76.9 Å². The highest BCUT2D eigenvalue weighted by molar-refractivity contribution is 7.19. The van der Waals surface area contributed by atoms with Crippen LogP contribution in [0, 0.1) is 11.9 Å². The summed E-state index contributed by atoms with van der Waals surface area (Å²) < 4.78 is 19.7. The van der Waals surface area contributed by atoms with Gasteiger partial charge in [0.05, 0.1) is 5.69 Å². The van der Waals surface area contributed by atoms with E-state index >= 15 is 0 Å². The number of nitrogens with zero attached hydrogens (tertiary/aromatic N) is 6. The van der Waals surface area contributed by atoms with E-state index in [1.807, 2.05) is 24.5 Å². The second-order valence-corrected chi connectivity index (χ2v) is 9.60. The molecule has 0 amide bonds. The SMILES string of the molecule is CCCc1cnc(N2CCC(C(C)Oc3nc4ccc(-c5ccnc(F)c5)nc4s3)CC2)nc1.